The summed E-state index contributed by atoms with van der Waals surface area (Å²) in [7, 11) is 0. The Balaban J connectivity index is 1.83. The highest BCUT2D eigenvalue weighted by molar-refractivity contribution is 5.23. The van der Waals surface area contributed by atoms with Crippen LogP contribution in [0.15, 0.2) is 28.8 Å². The van der Waals surface area contributed by atoms with Gasteiger partial charge in [0.05, 0.1) is 18.3 Å². The Labute approximate surface area is 121 Å². The van der Waals surface area contributed by atoms with Gasteiger partial charge in [0, 0.05) is 18.7 Å². The van der Waals surface area contributed by atoms with E-state index >= 15 is 0 Å². The van der Waals surface area contributed by atoms with E-state index in [1.807, 2.05) is 17.9 Å². The van der Waals surface area contributed by atoms with Crippen LogP contribution in [-0.2, 0) is 6.54 Å². The molecule has 0 bridgehead atoms. The highest BCUT2D eigenvalue weighted by Crippen LogP contribution is 2.34. The summed E-state index contributed by atoms with van der Waals surface area (Å²) >= 11 is 0. The van der Waals surface area contributed by atoms with Crippen LogP contribution in [0.4, 0.5) is 8.78 Å². The summed E-state index contributed by atoms with van der Waals surface area (Å²) in [5.74, 6) is -1.05. The number of hydrogen-bond acceptors (Lipinski definition) is 4. The molecule has 1 N–H and O–H groups in total. The predicted octanol–water partition coefficient (Wildman–Crippen LogP) is 2.57. The zero-order valence-electron chi connectivity index (χ0n) is 11.6. The van der Waals surface area contributed by atoms with Crippen LogP contribution in [-0.4, -0.2) is 27.8 Å². The second-order valence-corrected chi connectivity index (χ2v) is 5.44. The largest absolute Gasteiger partial charge is 0.392 e. The fourth-order valence-corrected chi connectivity index (χ4v) is 2.81. The van der Waals surface area contributed by atoms with Gasteiger partial charge in [0.2, 0.25) is 0 Å². The van der Waals surface area contributed by atoms with Gasteiger partial charge in [-0.25, -0.2) is 8.78 Å². The van der Waals surface area contributed by atoms with Crippen LogP contribution in [0.5, 0.6) is 0 Å². The first kappa shape index (κ1) is 14.2. The quantitative estimate of drug-likeness (QED) is 0.945. The number of nitrogens with zero attached hydrogens (tertiary/aromatic N) is 2. The van der Waals surface area contributed by atoms with Crippen molar-refractivity contribution in [2.24, 2.45) is 0 Å². The lowest BCUT2D eigenvalue weighted by molar-refractivity contribution is 0.166. The summed E-state index contributed by atoms with van der Waals surface area (Å²) in [5, 5.41) is 13.7. The monoisotopic (exact) mass is 294 g/mol. The van der Waals surface area contributed by atoms with Gasteiger partial charge in [-0.2, -0.15) is 0 Å². The zero-order valence-corrected chi connectivity index (χ0v) is 11.6. The molecule has 0 spiro atoms. The molecule has 0 saturated carbocycles. The van der Waals surface area contributed by atoms with Gasteiger partial charge in [0.1, 0.15) is 0 Å². The van der Waals surface area contributed by atoms with Gasteiger partial charge < -0.3 is 9.63 Å². The van der Waals surface area contributed by atoms with E-state index in [9.17, 15) is 13.9 Å². The van der Waals surface area contributed by atoms with Crippen LogP contribution in [0.2, 0.25) is 0 Å². The highest BCUT2D eigenvalue weighted by atomic mass is 19.2. The molecule has 1 aromatic heterocycles. The maximum Gasteiger partial charge on any atom is 0.159 e. The molecular weight excluding hydrogens is 278 g/mol. The molecule has 1 saturated heterocycles. The summed E-state index contributed by atoms with van der Waals surface area (Å²) in [6.07, 6.45) is -0.00908. The SMILES string of the molecule is Cc1cc(CN2C[C@H](O)C[C@H]2c2ccc(F)c(F)c2)on1. The van der Waals surface area contributed by atoms with Crippen molar-refractivity contribution in [3.05, 3.63) is 52.9 Å². The molecule has 1 aliphatic rings. The van der Waals surface area contributed by atoms with E-state index in [2.05, 4.69) is 5.16 Å². The van der Waals surface area contributed by atoms with Crippen molar-refractivity contribution in [3.63, 3.8) is 0 Å². The van der Waals surface area contributed by atoms with Crippen LogP contribution < -0.4 is 0 Å². The molecule has 2 aromatic rings. The van der Waals surface area contributed by atoms with Crippen molar-refractivity contribution in [1.82, 2.24) is 10.1 Å². The molecule has 3 rings (SSSR count). The molecule has 0 aliphatic carbocycles. The molecule has 21 heavy (non-hydrogen) atoms. The summed E-state index contributed by atoms with van der Waals surface area (Å²) < 4.78 is 31.6. The van der Waals surface area contributed by atoms with Crippen LogP contribution >= 0.6 is 0 Å². The van der Waals surface area contributed by atoms with Crippen molar-refractivity contribution in [2.75, 3.05) is 6.54 Å². The first-order chi connectivity index (χ1) is 10.0. The van der Waals surface area contributed by atoms with Crippen LogP contribution in [0.1, 0.15) is 29.5 Å². The van der Waals surface area contributed by atoms with E-state index in [0.717, 1.165) is 11.8 Å². The van der Waals surface area contributed by atoms with Crippen molar-refractivity contribution in [3.8, 4) is 0 Å². The molecule has 2 heterocycles. The number of benzene rings is 1. The molecule has 1 aliphatic heterocycles. The minimum atomic E-state index is -0.871. The number of aromatic nitrogens is 1. The molecule has 6 heteroatoms. The van der Waals surface area contributed by atoms with Crippen LogP contribution in [0.25, 0.3) is 0 Å². The van der Waals surface area contributed by atoms with Gasteiger partial charge in [0.25, 0.3) is 0 Å². The van der Waals surface area contributed by atoms with E-state index < -0.39 is 17.7 Å². The third-order valence-corrected chi connectivity index (χ3v) is 3.75. The lowest BCUT2D eigenvalue weighted by Gasteiger charge is -2.23. The van der Waals surface area contributed by atoms with E-state index in [1.54, 1.807) is 6.07 Å². The van der Waals surface area contributed by atoms with Crippen molar-refractivity contribution in [1.29, 1.82) is 0 Å². The van der Waals surface area contributed by atoms with Crippen molar-refractivity contribution < 1.29 is 18.4 Å². The lowest BCUT2D eigenvalue weighted by atomic mass is 10.0. The molecule has 2 atom stereocenters. The van der Waals surface area contributed by atoms with Gasteiger partial charge in [-0.05, 0) is 31.0 Å². The number of halogens is 2. The number of aliphatic hydroxyl groups excluding tert-OH is 1. The van der Waals surface area contributed by atoms with Crippen molar-refractivity contribution >= 4 is 0 Å². The summed E-state index contributed by atoms with van der Waals surface area (Å²) in [4.78, 5) is 1.98. The van der Waals surface area contributed by atoms with Crippen LogP contribution in [0.3, 0.4) is 0 Å². The lowest BCUT2D eigenvalue weighted by Crippen LogP contribution is -2.24. The Morgan fingerprint density at radius 1 is 1.33 bits per heavy atom. The fraction of sp³-hybridized carbons (Fsp3) is 0.400. The van der Waals surface area contributed by atoms with Crippen molar-refractivity contribution in [2.45, 2.75) is 32.0 Å². The van der Waals surface area contributed by atoms with E-state index in [1.165, 1.54) is 6.07 Å². The predicted molar refractivity (Wildman–Crippen MR) is 71.4 cm³/mol. The topological polar surface area (TPSA) is 49.5 Å². The van der Waals surface area contributed by atoms with Crippen LogP contribution in [0, 0.1) is 18.6 Å². The average Bonchev–Trinajstić information content (AvgIpc) is 3.00. The Kier molecular flexibility index (Phi) is 3.73. The third-order valence-electron chi connectivity index (χ3n) is 3.75. The summed E-state index contributed by atoms with van der Waals surface area (Å²) in [6, 6.07) is 5.52. The maximum atomic E-state index is 13.4. The number of likely N-dealkylation sites (tertiary alicyclic amines) is 1. The molecule has 4 nitrogen and oxygen atoms in total. The average molecular weight is 294 g/mol. The highest BCUT2D eigenvalue weighted by Gasteiger charge is 2.33. The van der Waals surface area contributed by atoms with Gasteiger partial charge >= 0.3 is 0 Å². The Hall–Kier alpha value is -1.79. The molecule has 0 unspecified atom stereocenters. The Morgan fingerprint density at radius 3 is 2.81 bits per heavy atom. The number of aliphatic hydroxyl groups is 1. The van der Waals surface area contributed by atoms with E-state index in [0.29, 0.717) is 30.8 Å². The fourth-order valence-electron chi connectivity index (χ4n) is 2.81. The second kappa shape index (κ2) is 5.54. The van der Waals surface area contributed by atoms with Gasteiger partial charge in [-0.1, -0.05) is 11.2 Å². The minimum absolute atomic E-state index is 0.166. The smallest absolute Gasteiger partial charge is 0.159 e. The Bertz CT molecular complexity index is 644. The number of rotatable bonds is 3. The number of β-amino-alcohol motifs (C(OH)–C–C–N with tert-alkyl or cyclic N) is 1. The van der Waals surface area contributed by atoms with Gasteiger partial charge in [0.15, 0.2) is 17.4 Å². The molecule has 0 radical (unpaired) electrons. The second-order valence-electron chi connectivity index (χ2n) is 5.44. The standard InChI is InChI=1S/C15H16F2N2O2/c1-9-4-12(21-18-9)8-19-7-11(20)6-15(19)10-2-3-13(16)14(17)5-10/h2-5,11,15,20H,6-8H2,1H3/t11-,15+/m1/s1. The zero-order chi connectivity index (χ0) is 15.0. The minimum Gasteiger partial charge on any atom is -0.392 e. The van der Waals surface area contributed by atoms with E-state index in [4.69, 9.17) is 4.52 Å². The summed E-state index contributed by atoms with van der Waals surface area (Å²) in [6.45, 7) is 2.77. The summed E-state index contributed by atoms with van der Waals surface area (Å²) in [5.41, 5.74) is 1.44. The van der Waals surface area contributed by atoms with E-state index in [-0.39, 0.29) is 6.04 Å². The Morgan fingerprint density at radius 2 is 2.14 bits per heavy atom. The molecule has 1 fully saturated rings. The van der Waals surface area contributed by atoms with Gasteiger partial charge in [-0.15, -0.1) is 0 Å². The number of hydrogen-bond donors (Lipinski definition) is 1. The van der Waals surface area contributed by atoms with Gasteiger partial charge in [-0.3, -0.25) is 4.90 Å². The molecular formula is C15H16F2N2O2. The molecule has 0 amide bonds. The molecule has 112 valence electrons. The first-order valence-electron chi connectivity index (χ1n) is 6.82. The normalized spacial score (nSPS) is 22.9. The number of aryl methyl sites for hydroxylation is 1. The maximum absolute atomic E-state index is 13.4. The first-order valence-corrected chi connectivity index (χ1v) is 6.82. The third kappa shape index (κ3) is 2.96. The molecule has 1 aromatic carbocycles.